The maximum atomic E-state index is 8.83. The standard InChI is InChI=1S/C8H10ClNO/c1-10-7-2-3-8(9)6(4-7)5-11/h2-4,10-11H,5H2,1H3. The summed E-state index contributed by atoms with van der Waals surface area (Å²) in [4.78, 5) is 0. The molecule has 0 fully saturated rings. The molecule has 0 aliphatic rings. The summed E-state index contributed by atoms with van der Waals surface area (Å²) in [5.41, 5.74) is 1.71. The van der Waals surface area contributed by atoms with Gasteiger partial charge in [0, 0.05) is 17.8 Å². The van der Waals surface area contributed by atoms with Gasteiger partial charge in [0.05, 0.1) is 6.61 Å². The number of anilines is 1. The first-order chi connectivity index (χ1) is 5.27. The molecule has 0 aliphatic heterocycles. The first-order valence-corrected chi connectivity index (χ1v) is 3.72. The fourth-order valence-corrected chi connectivity index (χ4v) is 1.03. The van der Waals surface area contributed by atoms with Gasteiger partial charge in [-0.05, 0) is 23.8 Å². The Bertz CT molecular complexity index is 250. The van der Waals surface area contributed by atoms with Gasteiger partial charge in [0.15, 0.2) is 0 Å². The summed E-state index contributed by atoms with van der Waals surface area (Å²) in [5, 5.41) is 12.4. The fourth-order valence-electron chi connectivity index (χ4n) is 0.851. The molecule has 0 amide bonds. The third-order valence-corrected chi connectivity index (χ3v) is 1.87. The van der Waals surface area contributed by atoms with E-state index in [-0.39, 0.29) is 6.61 Å². The molecule has 0 atom stereocenters. The third-order valence-electron chi connectivity index (χ3n) is 1.50. The van der Waals surface area contributed by atoms with Gasteiger partial charge < -0.3 is 10.4 Å². The molecule has 2 nitrogen and oxygen atoms in total. The number of aliphatic hydroxyl groups excluding tert-OH is 1. The Labute approximate surface area is 70.8 Å². The molecule has 3 heteroatoms. The average molecular weight is 172 g/mol. The predicted molar refractivity (Wildman–Crippen MR) is 46.9 cm³/mol. The molecule has 2 N–H and O–H groups in total. The first kappa shape index (κ1) is 8.37. The van der Waals surface area contributed by atoms with E-state index < -0.39 is 0 Å². The van der Waals surface area contributed by atoms with E-state index in [1.54, 1.807) is 6.07 Å². The Balaban J connectivity index is 3.02. The van der Waals surface area contributed by atoms with Crippen molar-refractivity contribution < 1.29 is 5.11 Å². The molecule has 0 bridgehead atoms. The average Bonchev–Trinajstić information content (AvgIpc) is 2.05. The minimum absolute atomic E-state index is 0.0195. The number of benzene rings is 1. The zero-order chi connectivity index (χ0) is 8.27. The summed E-state index contributed by atoms with van der Waals surface area (Å²) in [5.74, 6) is 0. The number of halogens is 1. The van der Waals surface area contributed by atoms with Crippen molar-refractivity contribution in [3.63, 3.8) is 0 Å². The van der Waals surface area contributed by atoms with Crippen LogP contribution in [0.4, 0.5) is 5.69 Å². The Kier molecular flexibility index (Phi) is 2.74. The van der Waals surface area contributed by atoms with Crippen molar-refractivity contribution in [1.82, 2.24) is 0 Å². The van der Waals surface area contributed by atoms with Crippen LogP contribution in [0.3, 0.4) is 0 Å². The molecule has 0 unspecified atom stereocenters. The van der Waals surface area contributed by atoms with Crippen LogP contribution in [0.25, 0.3) is 0 Å². The van der Waals surface area contributed by atoms with Crippen molar-refractivity contribution in [1.29, 1.82) is 0 Å². The van der Waals surface area contributed by atoms with Crippen LogP contribution in [-0.4, -0.2) is 12.2 Å². The Morgan fingerprint density at radius 1 is 1.55 bits per heavy atom. The quantitative estimate of drug-likeness (QED) is 0.712. The van der Waals surface area contributed by atoms with Gasteiger partial charge in [0.2, 0.25) is 0 Å². The summed E-state index contributed by atoms with van der Waals surface area (Å²) in [6, 6.07) is 5.45. The van der Waals surface area contributed by atoms with Crippen molar-refractivity contribution in [2.24, 2.45) is 0 Å². The van der Waals surface area contributed by atoms with Crippen molar-refractivity contribution in [2.75, 3.05) is 12.4 Å². The van der Waals surface area contributed by atoms with E-state index in [4.69, 9.17) is 16.7 Å². The lowest BCUT2D eigenvalue weighted by atomic mass is 10.2. The largest absolute Gasteiger partial charge is 0.392 e. The van der Waals surface area contributed by atoms with Crippen molar-refractivity contribution in [3.8, 4) is 0 Å². The van der Waals surface area contributed by atoms with Crippen molar-refractivity contribution in [3.05, 3.63) is 28.8 Å². The third kappa shape index (κ3) is 1.85. The van der Waals surface area contributed by atoms with E-state index in [1.807, 2.05) is 19.2 Å². The van der Waals surface area contributed by atoms with Crippen LogP contribution in [0.5, 0.6) is 0 Å². The smallest absolute Gasteiger partial charge is 0.0697 e. The number of rotatable bonds is 2. The monoisotopic (exact) mass is 171 g/mol. The molecule has 0 heterocycles. The zero-order valence-electron chi connectivity index (χ0n) is 6.26. The van der Waals surface area contributed by atoms with E-state index in [0.717, 1.165) is 11.3 Å². The molecule has 1 aromatic rings. The van der Waals surface area contributed by atoms with Crippen LogP contribution in [0.2, 0.25) is 5.02 Å². The second kappa shape index (κ2) is 3.60. The molecule has 0 saturated heterocycles. The number of aliphatic hydroxyl groups is 1. The second-order valence-corrected chi connectivity index (χ2v) is 2.62. The molecule has 0 saturated carbocycles. The summed E-state index contributed by atoms with van der Waals surface area (Å²) in [7, 11) is 1.82. The minimum atomic E-state index is -0.0195. The topological polar surface area (TPSA) is 32.3 Å². The molecule has 0 spiro atoms. The highest BCUT2D eigenvalue weighted by molar-refractivity contribution is 6.31. The number of hydrogen-bond acceptors (Lipinski definition) is 2. The second-order valence-electron chi connectivity index (χ2n) is 2.21. The maximum Gasteiger partial charge on any atom is 0.0697 e. The molecule has 0 aliphatic carbocycles. The Morgan fingerprint density at radius 2 is 2.27 bits per heavy atom. The maximum absolute atomic E-state index is 8.83. The molecule has 1 aromatic carbocycles. The molecular formula is C8H10ClNO. The van der Waals surface area contributed by atoms with Gasteiger partial charge in [-0.2, -0.15) is 0 Å². The van der Waals surface area contributed by atoms with Gasteiger partial charge in [-0.25, -0.2) is 0 Å². The normalized spacial score (nSPS) is 9.73. The Morgan fingerprint density at radius 3 is 2.82 bits per heavy atom. The van der Waals surface area contributed by atoms with Gasteiger partial charge in [0.25, 0.3) is 0 Å². The van der Waals surface area contributed by atoms with Crippen LogP contribution in [-0.2, 0) is 6.61 Å². The highest BCUT2D eigenvalue weighted by atomic mass is 35.5. The lowest BCUT2D eigenvalue weighted by molar-refractivity contribution is 0.282. The van der Waals surface area contributed by atoms with Crippen LogP contribution in [0.1, 0.15) is 5.56 Å². The van der Waals surface area contributed by atoms with E-state index in [2.05, 4.69) is 5.32 Å². The molecule has 0 radical (unpaired) electrons. The Hall–Kier alpha value is -0.730. The summed E-state index contributed by atoms with van der Waals surface area (Å²) < 4.78 is 0. The van der Waals surface area contributed by atoms with Crippen LogP contribution in [0.15, 0.2) is 18.2 Å². The highest BCUT2D eigenvalue weighted by Gasteiger charge is 1.98. The molecule has 60 valence electrons. The van der Waals surface area contributed by atoms with E-state index >= 15 is 0 Å². The van der Waals surface area contributed by atoms with Crippen molar-refractivity contribution in [2.45, 2.75) is 6.61 Å². The number of hydrogen-bond donors (Lipinski definition) is 2. The SMILES string of the molecule is CNc1ccc(Cl)c(CO)c1. The summed E-state index contributed by atoms with van der Waals surface area (Å²) in [6.07, 6.45) is 0. The minimum Gasteiger partial charge on any atom is -0.392 e. The van der Waals surface area contributed by atoms with Gasteiger partial charge in [0.1, 0.15) is 0 Å². The lowest BCUT2D eigenvalue weighted by Crippen LogP contribution is -1.91. The highest BCUT2D eigenvalue weighted by Crippen LogP contribution is 2.19. The van der Waals surface area contributed by atoms with Crippen LogP contribution >= 0.6 is 11.6 Å². The first-order valence-electron chi connectivity index (χ1n) is 3.35. The van der Waals surface area contributed by atoms with E-state index in [1.165, 1.54) is 0 Å². The van der Waals surface area contributed by atoms with Gasteiger partial charge in [-0.3, -0.25) is 0 Å². The number of nitrogens with one attached hydrogen (secondary N) is 1. The molecule has 1 rings (SSSR count). The van der Waals surface area contributed by atoms with Crippen LogP contribution in [0, 0.1) is 0 Å². The lowest BCUT2D eigenvalue weighted by Gasteiger charge is -2.03. The van der Waals surface area contributed by atoms with Gasteiger partial charge in [-0.15, -0.1) is 0 Å². The predicted octanol–water partition coefficient (Wildman–Crippen LogP) is 1.87. The van der Waals surface area contributed by atoms with Gasteiger partial charge in [-0.1, -0.05) is 11.6 Å². The zero-order valence-corrected chi connectivity index (χ0v) is 7.02. The summed E-state index contributed by atoms with van der Waals surface area (Å²) >= 11 is 5.77. The van der Waals surface area contributed by atoms with Crippen molar-refractivity contribution >= 4 is 17.3 Å². The van der Waals surface area contributed by atoms with Gasteiger partial charge >= 0.3 is 0 Å². The van der Waals surface area contributed by atoms with E-state index in [0.29, 0.717) is 5.02 Å². The van der Waals surface area contributed by atoms with Crippen LogP contribution < -0.4 is 5.32 Å². The fraction of sp³-hybridized carbons (Fsp3) is 0.250. The molecule has 0 aromatic heterocycles. The summed E-state index contributed by atoms with van der Waals surface area (Å²) in [6.45, 7) is -0.0195. The molecular weight excluding hydrogens is 162 g/mol. The van der Waals surface area contributed by atoms with E-state index in [9.17, 15) is 0 Å². The molecule has 11 heavy (non-hydrogen) atoms.